The minimum atomic E-state index is -0.327. The van der Waals surface area contributed by atoms with Crippen LogP contribution in [0.5, 0.6) is 5.75 Å². The summed E-state index contributed by atoms with van der Waals surface area (Å²) in [6.45, 7) is 0. The van der Waals surface area contributed by atoms with Crippen molar-refractivity contribution in [1.82, 2.24) is 0 Å². The van der Waals surface area contributed by atoms with Gasteiger partial charge in [-0.05, 0) is 30.0 Å². The van der Waals surface area contributed by atoms with Crippen molar-refractivity contribution in [2.75, 3.05) is 7.11 Å². The molecular formula is C14H20FNO. The lowest BCUT2D eigenvalue weighted by Crippen LogP contribution is -2.14. The van der Waals surface area contributed by atoms with Gasteiger partial charge in [0.25, 0.3) is 0 Å². The lowest BCUT2D eigenvalue weighted by molar-refractivity contribution is 0.385. The lowest BCUT2D eigenvalue weighted by Gasteiger charge is -2.17. The van der Waals surface area contributed by atoms with Crippen LogP contribution in [0, 0.1) is 11.7 Å². The van der Waals surface area contributed by atoms with Crippen molar-refractivity contribution in [3.63, 3.8) is 0 Å². The van der Waals surface area contributed by atoms with Gasteiger partial charge in [0.1, 0.15) is 0 Å². The monoisotopic (exact) mass is 237 g/mol. The number of rotatable bonds is 4. The van der Waals surface area contributed by atoms with Gasteiger partial charge in [-0.15, -0.1) is 0 Å². The predicted octanol–water partition coefficient (Wildman–Crippen LogP) is 3.41. The first-order chi connectivity index (χ1) is 8.20. The summed E-state index contributed by atoms with van der Waals surface area (Å²) in [5.41, 5.74) is 7.00. The second-order valence-corrected chi connectivity index (χ2v) is 4.89. The molecular weight excluding hydrogens is 217 g/mol. The Morgan fingerprint density at radius 1 is 1.41 bits per heavy atom. The molecule has 2 rings (SSSR count). The Kier molecular flexibility index (Phi) is 4.00. The predicted molar refractivity (Wildman–Crippen MR) is 66.5 cm³/mol. The highest BCUT2D eigenvalue weighted by Gasteiger charge is 2.19. The first kappa shape index (κ1) is 12.4. The summed E-state index contributed by atoms with van der Waals surface area (Å²) < 4.78 is 18.4. The highest BCUT2D eigenvalue weighted by atomic mass is 19.1. The standard InChI is InChI=1S/C14H20FNO/c1-17-14-7-6-11(9-12(14)15)13(16)8-10-4-2-3-5-10/h6-7,9-10,13H,2-5,8,16H2,1H3. The fraction of sp³-hybridized carbons (Fsp3) is 0.571. The third kappa shape index (κ3) is 2.97. The average Bonchev–Trinajstić information content (AvgIpc) is 2.81. The summed E-state index contributed by atoms with van der Waals surface area (Å²) in [7, 11) is 1.47. The van der Waals surface area contributed by atoms with Crippen LogP contribution in [-0.2, 0) is 0 Å². The van der Waals surface area contributed by atoms with Gasteiger partial charge in [-0.3, -0.25) is 0 Å². The van der Waals surface area contributed by atoms with Gasteiger partial charge in [-0.25, -0.2) is 4.39 Å². The minimum absolute atomic E-state index is 0.0569. The Labute approximate surface area is 102 Å². The normalized spacial score (nSPS) is 18.3. The van der Waals surface area contributed by atoms with Crippen LogP contribution in [0.15, 0.2) is 18.2 Å². The van der Waals surface area contributed by atoms with Crippen LogP contribution < -0.4 is 10.5 Å². The van der Waals surface area contributed by atoms with Gasteiger partial charge in [0.15, 0.2) is 11.6 Å². The molecule has 1 saturated carbocycles. The Bertz CT molecular complexity index is 374. The zero-order chi connectivity index (χ0) is 12.3. The lowest BCUT2D eigenvalue weighted by atomic mass is 9.94. The second kappa shape index (κ2) is 5.50. The fourth-order valence-electron chi connectivity index (χ4n) is 2.65. The van der Waals surface area contributed by atoms with E-state index >= 15 is 0 Å². The maximum Gasteiger partial charge on any atom is 0.165 e. The average molecular weight is 237 g/mol. The third-order valence-electron chi connectivity index (χ3n) is 3.67. The summed E-state index contributed by atoms with van der Waals surface area (Å²) >= 11 is 0. The topological polar surface area (TPSA) is 35.2 Å². The molecule has 0 heterocycles. The Balaban J connectivity index is 2.02. The number of nitrogens with two attached hydrogens (primary N) is 1. The molecule has 17 heavy (non-hydrogen) atoms. The molecule has 1 aliphatic carbocycles. The molecule has 1 atom stereocenters. The molecule has 1 unspecified atom stereocenters. The number of hydrogen-bond acceptors (Lipinski definition) is 2. The van der Waals surface area contributed by atoms with Crippen LogP contribution in [0.25, 0.3) is 0 Å². The van der Waals surface area contributed by atoms with E-state index in [0.717, 1.165) is 17.9 Å². The van der Waals surface area contributed by atoms with Crippen LogP contribution >= 0.6 is 0 Å². The van der Waals surface area contributed by atoms with E-state index in [1.807, 2.05) is 6.07 Å². The van der Waals surface area contributed by atoms with E-state index in [1.165, 1.54) is 38.9 Å². The fourth-order valence-corrected chi connectivity index (χ4v) is 2.65. The quantitative estimate of drug-likeness (QED) is 0.871. The largest absolute Gasteiger partial charge is 0.494 e. The highest BCUT2D eigenvalue weighted by Crippen LogP contribution is 2.32. The summed E-state index contributed by atoms with van der Waals surface area (Å²) in [4.78, 5) is 0. The van der Waals surface area contributed by atoms with Gasteiger partial charge in [0.2, 0.25) is 0 Å². The molecule has 1 fully saturated rings. The minimum Gasteiger partial charge on any atom is -0.494 e. The van der Waals surface area contributed by atoms with E-state index in [-0.39, 0.29) is 17.6 Å². The zero-order valence-electron chi connectivity index (χ0n) is 10.3. The maximum absolute atomic E-state index is 13.5. The summed E-state index contributed by atoms with van der Waals surface area (Å²) in [6.07, 6.45) is 6.13. The molecule has 3 heteroatoms. The van der Waals surface area contributed by atoms with Gasteiger partial charge < -0.3 is 10.5 Å². The van der Waals surface area contributed by atoms with E-state index in [1.54, 1.807) is 6.07 Å². The Hall–Kier alpha value is -1.09. The summed E-state index contributed by atoms with van der Waals surface area (Å²) in [6, 6.07) is 4.96. The van der Waals surface area contributed by atoms with Crippen molar-refractivity contribution in [1.29, 1.82) is 0 Å². The van der Waals surface area contributed by atoms with E-state index in [4.69, 9.17) is 10.5 Å². The molecule has 0 radical (unpaired) electrons. The molecule has 2 nitrogen and oxygen atoms in total. The Morgan fingerprint density at radius 3 is 2.71 bits per heavy atom. The van der Waals surface area contributed by atoms with Crippen molar-refractivity contribution in [2.24, 2.45) is 11.7 Å². The van der Waals surface area contributed by atoms with Crippen molar-refractivity contribution in [3.05, 3.63) is 29.6 Å². The van der Waals surface area contributed by atoms with Crippen LogP contribution in [0.3, 0.4) is 0 Å². The van der Waals surface area contributed by atoms with Gasteiger partial charge in [0, 0.05) is 6.04 Å². The first-order valence-electron chi connectivity index (χ1n) is 6.29. The molecule has 0 saturated heterocycles. The zero-order valence-corrected chi connectivity index (χ0v) is 10.3. The second-order valence-electron chi connectivity index (χ2n) is 4.89. The number of methoxy groups -OCH3 is 1. The highest BCUT2D eigenvalue weighted by molar-refractivity contribution is 5.30. The molecule has 0 spiro atoms. The van der Waals surface area contributed by atoms with Crippen molar-refractivity contribution in [2.45, 2.75) is 38.1 Å². The summed E-state index contributed by atoms with van der Waals surface area (Å²) in [5, 5.41) is 0. The molecule has 2 N–H and O–H groups in total. The maximum atomic E-state index is 13.5. The van der Waals surface area contributed by atoms with Crippen molar-refractivity contribution >= 4 is 0 Å². The van der Waals surface area contributed by atoms with Crippen molar-refractivity contribution in [3.8, 4) is 5.75 Å². The Morgan fingerprint density at radius 2 is 2.12 bits per heavy atom. The number of ether oxygens (including phenoxy) is 1. The van der Waals surface area contributed by atoms with Crippen LogP contribution in [0.2, 0.25) is 0 Å². The van der Waals surface area contributed by atoms with Gasteiger partial charge >= 0.3 is 0 Å². The SMILES string of the molecule is COc1ccc(C(N)CC2CCCC2)cc1F. The van der Waals surface area contributed by atoms with Crippen LogP contribution in [0.1, 0.15) is 43.7 Å². The number of halogens is 1. The van der Waals surface area contributed by atoms with E-state index in [9.17, 15) is 4.39 Å². The van der Waals surface area contributed by atoms with Crippen molar-refractivity contribution < 1.29 is 9.13 Å². The van der Waals surface area contributed by atoms with E-state index in [2.05, 4.69) is 0 Å². The molecule has 1 aromatic rings. The summed E-state index contributed by atoms with van der Waals surface area (Å²) in [5.74, 6) is 0.670. The van der Waals surface area contributed by atoms with E-state index in [0.29, 0.717) is 0 Å². The molecule has 1 aromatic carbocycles. The van der Waals surface area contributed by atoms with Crippen LogP contribution in [-0.4, -0.2) is 7.11 Å². The van der Waals surface area contributed by atoms with Gasteiger partial charge in [0.05, 0.1) is 7.11 Å². The third-order valence-corrected chi connectivity index (χ3v) is 3.67. The molecule has 1 aliphatic rings. The molecule has 0 amide bonds. The van der Waals surface area contributed by atoms with Crippen LogP contribution in [0.4, 0.5) is 4.39 Å². The van der Waals surface area contributed by atoms with Gasteiger partial charge in [-0.2, -0.15) is 0 Å². The number of hydrogen-bond donors (Lipinski definition) is 1. The van der Waals surface area contributed by atoms with E-state index < -0.39 is 0 Å². The molecule has 0 aliphatic heterocycles. The van der Waals surface area contributed by atoms with Gasteiger partial charge in [-0.1, -0.05) is 31.7 Å². The first-order valence-corrected chi connectivity index (χ1v) is 6.29. The molecule has 0 bridgehead atoms. The molecule has 0 aromatic heterocycles. The number of benzene rings is 1. The molecule has 94 valence electrons. The smallest absolute Gasteiger partial charge is 0.165 e.